The number of carbonyl (C=O) groups excluding carboxylic acids is 1. The zero-order valence-corrected chi connectivity index (χ0v) is 32.2. The predicted octanol–water partition coefficient (Wildman–Crippen LogP) is 7.82. The van der Waals surface area contributed by atoms with E-state index in [0.29, 0.717) is 23.4 Å². The van der Waals surface area contributed by atoms with E-state index in [1.54, 1.807) is 6.07 Å². The Balaban J connectivity index is 0.922. The molecule has 0 bridgehead atoms. The molecule has 3 aliphatic rings. The Morgan fingerprint density at radius 2 is 1.58 bits per heavy atom. The van der Waals surface area contributed by atoms with Gasteiger partial charge in [0.15, 0.2) is 5.69 Å². The Morgan fingerprint density at radius 3 is 2.23 bits per heavy atom. The number of benzene rings is 2. The highest BCUT2D eigenvalue weighted by molar-refractivity contribution is 6.31. The fourth-order valence-corrected chi connectivity index (χ4v) is 7.87. The fourth-order valence-electron chi connectivity index (χ4n) is 7.64. The van der Waals surface area contributed by atoms with Crippen LogP contribution in [0.1, 0.15) is 77.1 Å². The van der Waals surface area contributed by atoms with E-state index in [9.17, 15) is 4.79 Å². The largest absolute Gasteiger partial charge is 0.487 e. The standard InChI is InChI=1S/C41H54ClN7O3/c1-40(2,3)52-39(50)49-23-21-46(22-24-49)28-30-12-17-47(18-13-30)36-14-19-48(20-15-36)38-44-16-11-34(45-38)29-51-37-9-7-31(8-10-37)41(4,5)32-25-33(42)27-35(26-32)43-6/h7-11,16,25-27,30,36H,12-15,17-24,28-29H2,1-5H3. The van der Waals surface area contributed by atoms with Crippen molar-refractivity contribution in [3.63, 3.8) is 0 Å². The lowest BCUT2D eigenvalue weighted by molar-refractivity contribution is 0.0117. The lowest BCUT2D eigenvalue weighted by Gasteiger charge is -2.43. The second kappa shape index (κ2) is 16.4. The number of nitrogens with zero attached hydrogens (tertiary/aromatic N) is 7. The predicted molar refractivity (Wildman–Crippen MR) is 206 cm³/mol. The first kappa shape index (κ1) is 37.8. The van der Waals surface area contributed by atoms with Crippen LogP contribution in [0.3, 0.4) is 0 Å². The molecule has 52 heavy (non-hydrogen) atoms. The highest BCUT2D eigenvalue weighted by Gasteiger charge is 2.31. The summed E-state index contributed by atoms with van der Waals surface area (Å²) in [5.41, 5.74) is 2.74. The number of piperidine rings is 2. The molecule has 278 valence electrons. The monoisotopic (exact) mass is 727 g/mol. The van der Waals surface area contributed by atoms with Crippen molar-refractivity contribution in [3.8, 4) is 5.75 Å². The molecule has 3 aliphatic heterocycles. The smallest absolute Gasteiger partial charge is 0.410 e. The molecule has 0 saturated carbocycles. The summed E-state index contributed by atoms with van der Waals surface area (Å²) in [7, 11) is 0. The summed E-state index contributed by atoms with van der Waals surface area (Å²) in [6.45, 7) is 26.5. The van der Waals surface area contributed by atoms with Gasteiger partial charge in [0.2, 0.25) is 5.95 Å². The van der Waals surface area contributed by atoms with Gasteiger partial charge in [-0.15, -0.1) is 0 Å². The lowest BCUT2D eigenvalue weighted by atomic mass is 9.78. The van der Waals surface area contributed by atoms with Crippen LogP contribution >= 0.6 is 11.6 Å². The minimum atomic E-state index is -0.450. The second-order valence-electron chi connectivity index (χ2n) is 16.1. The van der Waals surface area contributed by atoms with Crippen LogP contribution in [0, 0.1) is 12.5 Å². The normalized spacial score (nSPS) is 18.6. The first-order chi connectivity index (χ1) is 24.9. The summed E-state index contributed by atoms with van der Waals surface area (Å²) in [4.78, 5) is 34.9. The quantitative estimate of drug-likeness (QED) is 0.207. The van der Waals surface area contributed by atoms with E-state index in [-0.39, 0.29) is 11.5 Å². The molecule has 3 saturated heterocycles. The molecule has 11 heteroatoms. The van der Waals surface area contributed by atoms with Gasteiger partial charge in [-0.25, -0.2) is 19.6 Å². The number of hydrogen-bond acceptors (Lipinski definition) is 8. The Labute approximate surface area is 314 Å². The topological polar surface area (TPSA) is 78.6 Å². The van der Waals surface area contributed by atoms with Crippen molar-refractivity contribution in [1.82, 2.24) is 24.7 Å². The Hall–Kier alpha value is -3.91. The van der Waals surface area contributed by atoms with E-state index in [0.717, 1.165) is 93.1 Å². The molecule has 1 aromatic heterocycles. The van der Waals surface area contributed by atoms with Crippen molar-refractivity contribution in [2.75, 3.05) is 63.8 Å². The number of rotatable bonds is 9. The van der Waals surface area contributed by atoms with E-state index < -0.39 is 5.60 Å². The summed E-state index contributed by atoms with van der Waals surface area (Å²) >= 11 is 6.31. The van der Waals surface area contributed by atoms with Crippen LogP contribution in [0.4, 0.5) is 16.4 Å². The third-order valence-corrected chi connectivity index (χ3v) is 11.1. The molecule has 3 fully saturated rings. The maximum Gasteiger partial charge on any atom is 0.410 e. The van der Waals surface area contributed by atoms with Crippen LogP contribution in [0.5, 0.6) is 5.75 Å². The molecule has 0 atom stereocenters. The third-order valence-electron chi connectivity index (χ3n) is 10.8. The number of piperazine rings is 1. The molecule has 0 radical (unpaired) electrons. The van der Waals surface area contributed by atoms with E-state index in [1.165, 1.54) is 25.9 Å². The second-order valence-corrected chi connectivity index (χ2v) is 16.5. The fraction of sp³-hybridized carbons (Fsp3) is 0.561. The first-order valence-corrected chi connectivity index (χ1v) is 19.2. The number of aromatic nitrogens is 2. The van der Waals surface area contributed by atoms with E-state index >= 15 is 0 Å². The van der Waals surface area contributed by atoms with Gasteiger partial charge in [-0.1, -0.05) is 43.6 Å². The highest BCUT2D eigenvalue weighted by atomic mass is 35.5. The maximum atomic E-state index is 12.4. The molecular formula is C41H54ClN7O3. The number of anilines is 1. The van der Waals surface area contributed by atoms with Gasteiger partial charge < -0.3 is 24.2 Å². The van der Waals surface area contributed by atoms with Gasteiger partial charge in [-0.3, -0.25) is 4.90 Å². The van der Waals surface area contributed by atoms with Crippen LogP contribution in [0.25, 0.3) is 4.85 Å². The average molecular weight is 728 g/mol. The van der Waals surface area contributed by atoms with Crippen LogP contribution in [0.2, 0.25) is 5.02 Å². The Morgan fingerprint density at radius 1 is 0.885 bits per heavy atom. The number of halogens is 1. The summed E-state index contributed by atoms with van der Waals surface area (Å²) in [6, 6.07) is 16.2. The van der Waals surface area contributed by atoms with Gasteiger partial charge in [0.25, 0.3) is 0 Å². The minimum absolute atomic E-state index is 0.188. The molecule has 0 spiro atoms. The number of likely N-dealkylation sites (tertiary alicyclic amines) is 1. The SMILES string of the molecule is [C-]#[N+]c1cc(Cl)cc(C(C)(C)c2ccc(OCc3ccnc(N4CCC(N5CCC(CN6CCN(C(=O)OC(C)(C)C)CC6)CC5)CC4)n3)cc2)c1. The van der Waals surface area contributed by atoms with E-state index in [4.69, 9.17) is 32.6 Å². The molecule has 6 rings (SSSR count). The average Bonchev–Trinajstić information content (AvgIpc) is 3.14. The zero-order chi connectivity index (χ0) is 36.9. The molecule has 3 aromatic rings. The molecule has 0 unspecified atom stereocenters. The van der Waals surface area contributed by atoms with Crippen LogP contribution in [0.15, 0.2) is 54.7 Å². The number of ether oxygens (including phenoxy) is 2. The van der Waals surface area contributed by atoms with Crippen LogP contribution in [-0.2, 0) is 16.8 Å². The summed E-state index contributed by atoms with van der Waals surface area (Å²) < 4.78 is 11.7. The van der Waals surface area contributed by atoms with Gasteiger partial charge >= 0.3 is 6.09 Å². The van der Waals surface area contributed by atoms with Crippen molar-refractivity contribution in [2.45, 2.75) is 84.0 Å². The first-order valence-electron chi connectivity index (χ1n) is 18.8. The van der Waals surface area contributed by atoms with Crippen molar-refractivity contribution in [2.24, 2.45) is 5.92 Å². The maximum absolute atomic E-state index is 12.4. The van der Waals surface area contributed by atoms with Crippen LogP contribution < -0.4 is 9.64 Å². The van der Waals surface area contributed by atoms with E-state index in [2.05, 4.69) is 50.5 Å². The van der Waals surface area contributed by atoms with Gasteiger partial charge in [-0.05, 0) is 107 Å². The van der Waals surface area contributed by atoms with Gasteiger partial charge in [0, 0.05) is 68.5 Å². The van der Waals surface area contributed by atoms with Crippen molar-refractivity contribution < 1.29 is 14.3 Å². The summed E-state index contributed by atoms with van der Waals surface area (Å²) in [5, 5.41) is 0.572. The summed E-state index contributed by atoms with van der Waals surface area (Å²) in [5.74, 6) is 2.28. The van der Waals surface area contributed by atoms with Crippen molar-refractivity contribution in [3.05, 3.63) is 88.0 Å². The molecule has 10 nitrogen and oxygen atoms in total. The Kier molecular flexibility index (Phi) is 11.9. The Bertz CT molecular complexity index is 1700. The molecule has 0 N–H and O–H groups in total. The number of carbonyl (C=O) groups is 1. The summed E-state index contributed by atoms with van der Waals surface area (Å²) in [6.07, 6.45) is 6.38. The molecule has 1 amide bonds. The van der Waals surface area contributed by atoms with Crippen molar-refractivity contribution >= 4 is 29.3 Å². The third kappa shape index (κ3) is 9.74. The minimum Gasteiger partial charge on any atom is -0.487 e. The number of hydrogen-bond donors (Lipinski definition) is 0. The number of amides is 1. The molecular weight excluding hydrogens is 674 g/mol. The molecule has 2 aromatic carbocycles. The van der Waals surface area contributed by atoms with Crippen LogP contribution in [-0.4, -0.2) is 101 Å². The highest BCUT2D eigenvalue weighted by Crippen LogP contribution is 2.36. The zero-order valence-electron chi connectivity index (χ0n) is 31.5. The van der Waals surface area contributed by atoms with Crippen molar-refractivity contribution in [1.29, 1.82) is 0 Å². The lowest BCUT2D eigenvalue weighted by Crippen LogP contribution is -2.52. The molecule has 0 aliphatic carbocycles. The van der Waals surface area contributed by atoms with Gasteiger partial charge in [0.05, 0.1) is 12.3 Å². The van der Waals surface area contributed by atoms with Gasteiger partial charge in [0.1, 0.15) is 18.0 Å². The molecule has 4 heterocycles. The van der Waals surface area contributed by atoms with E-state index in [1.807, 2.05) is 62.2 Å². The van der Waals surface area contributed by atoms with Gasteiger partial charge in [-0.2, -0.15) is 0 Å².